The van der Waals surface area contributed by atoms with Crippen LogP contribution in [0.4, 0.5) is 0 Å². The number of rotatable bonds is 6. The predicted octanol–water partition coefficient (Wildman–Crippen LogP) is 2.40. The Morgan fingerprint density at radius 3 is 2.58 bits per heavy atom. The molecule has 0 aromatic heterocycles. The van der Waals surface area contributed by atoms with Crippen LogP contribution in [0.2, 0.25) is 5.02 Å². The molecule has 0 N–H and O–H groups in total. The minimum Gasteiger partial charge on any atom is -0.452 e. The SMILES string of the molecule is CSc1ccc(Cl)c(C(=O)OCC(=O)N(C2CC2)[C@H]2CCS(=O)(=O)C2)c1. The highest BCUT2D eigenvalue weighted by molar-refractivity contribution is 7.98. The summed E-state index contributed by atoms with van der Waals surface area (Å²) in [6.45, 7) is -0.411. The van der Waals surface area contributed by atoms with Gasteiger partial charge in [-0.15, -0.1) is 11.8 Å². The molecule has 0 bridgehead atoms. The minimum absolute atomic E-state index is 0.00914. The Bertz CT molecular complexity index is 822. The molecule has 26 heavy (non-hydrogen) atoms. The highest BCUT2D eigenvalue weighted by atomic mass is 35.5. The normalized spacial score (nSPS) is 21.4. The van der Waals surface area contributed by atoms with E-state index in [0.29, 0.717) is 6.42 Å². The first-order chi connectivity index (χ1) is 12.3. The van der Waals surface area contributed by atoms with Crippen molar-refractivity contribution in [2.75, 3.05) is 24.4 Å². The van der Waals surface area contributed by atoms with Gasteiger partial charge in [-0.3, -0.25) is 4.79 Å². The maximum Gasteiger partial charge on any atom is 0.340 e. The molecule has 1 atom stereocenters. The molecule has 2 fully saturated rings. The summed E-state index contributed by atoms with van der Waals surface area (Å²) in [4.78, 5) is 27.3. The Balaban J connectivity index is 1.64. The number of ether oxygens (including phenoxy) is 1. The van der Waals surface area contributed by atoms with Crippen LogP contribution in [0.15, 0.2) is 23.1 Å². The maximum absolute atomic E-state index is 12.6. The lowest BCUT2D eigenvalue weighted by molar-refractivity contribution is -0.137. The van der Waals surface area contributed by atoms with Crippen molar-refractivity contribution in [2.45, 2.75) is 36.2 Å². The van der Waals surface area contributed by atoms with Gasteiger partial charge in [-0.1, -0.05) is 11.6 Å². The molecule has 1 aromatic rings. The number of thioether (sulfide) groups is 1. The van der Waals surface area contributed by atoms with Gasteiger partial charge < -0.3 is 9.64 Å². The summed E-state index contributed by atoms with van der Waals surface area (Å²) in [5.41, 5.74) is 0.215. The van der Waals surface area contributed by atoms with Crippen LogP contribution in [0.5, 0.6) is 0 Å². The van der Waals surface area contributed by atoms with Crippen molar-refractivity contribution < 1.29 is 22.7 Å². The molecule has 0 spiro atoms. The summed E-state index contributed by atoms with van der Waals surface area (Å²) in [6.07, 6.45) is 4.04. The van der Waals surface area contributed by atoms with E-state index in [1.165, 1.54) is 11.8 Å². The Labute approximate surface area is 162 Å². The fraction of sp³-hybridized carbons (Fsp3) is 0.529. The molecule has 6 nitrogen and oxygen atoms in total. The monoisotopic (exact) mass is 417 g/mol. The second kappa shape index (κ2) is 7.78. The van der Waals surface area contributed by atoms with Gasteiger partial charge in [0.05, 0.1) is 22.1 Å². The number of hydrogen-bond acceptors (Lipinski definition) is 6. The number of esters is 1. The average Bonchev–Trinajstić information content (AvgIpc) is 3.36. The molecule has 2 aliphatic rings. The van der Waals surface area contributed by atoms with E-state index in [4.69, 9.17) is 16.3 Å². The van der Waals surface area contributed by atoms with Gasteiger partial charge in [0, 0.05) is 17.0 Å². The highest BCUT2D eigenvalue weighted by Crippen LogP contribution is 2.32. The molecule has 1 amide bonds. The Kier molecular flexibility index (Phi) is 5.84. The zero-order valence-electron chi connectivity index (χ0n) is 14.3. The first-order valence-corrected chi connectivity index (χ1v) is 11.8. The smallest absolute Gasteiger partial charge is 0.340 e. The van der Waals surface area contributed by atoms with Gasteiger partial charge in [0.25, 0.3) is 5.91 Å². The molecule has 142 valence electrons. The van der Waals surface area contributed by atoms with Gasteiger partial charge in [0.2, 0.25) is 0 Å². The summed E-state index contributed by atoms with van der Waals surface area (Å²) in [5, 5.41) is 0.265. The van der Waals surface area contributed by atoms with Crippen LogP contribution in [0.25, 0.3) is 0 Å². The third-order valence-electron chi connectivity index (χ3n) is 4.55. The second-order valence-electron chi connectivity index (χ2n) is 6.51. The molecule has 1 heterocycles. The van der Waals surface area contributed by atoms with Crippen LogP contribution < -0.4 is 0 Å². The molecular formula is C17H20ClNO5S2. The quantitative estimate of drug-likeness (QED) is 0.522. The van der Waals surface area contributed by atoms with Gasteiger partial charge in [-0.2, -0.15) is 0 Å². The van der Waals surface area contributed by atoms with Crippen LogP contribution in [-0.4, -0.2) is 61.6 Å². The van der Waals surface area contributed by atoms with E-state index < -0.39 is 22.4 Å². The number of amides is 1. The third-order valence-corrected chi connectivity index (χ3v) is 7.36. The van der Waals surface area contributed by atoms with Crippen LogP contribution in [-0.2, 0) is 19.4 Å². The van der Waals surface area contributed by atoms with Crippen LogP contribution in [0.1, 0.15) is 29.6 Å². The van der Waals surface area contributed by atoms with Gasteiger partial charge in [0.15, 0.2) is 16.4 Å². The van der Waals surface area contributed by atoms with Crippen molar-refractivity contribution in [3.63, 3.8) is 0 Å². The van der Waals surface area contributed by atoms with Gasteiger partial charge in [-0.25, -0.2) is 13.2 Å². The van der Waals surface area contributed by atoms with E-state index in [-0.39, 0.29) is 40.1 Å². The fourth-order valence-corrected chi connectivity index (χ4v) is 5.47. The third kappa shape index (κ3) is 4.53. The van der Waals surface area contributed by atoms with E-state index in [1.807, 2.05) is 6.26 Å². The summed E-state index contributed by atoms with van der Waals surface area (Å²) in [6, 6.07) is 4.78. The first-order valence-electron chi connectivity index (χ1n) is 8.33. The lowest BCUT2D eigenvalue weighted by Gasteiger charge is -2.28. The van der Waals surface area contributed by atoms with E-state index in [9.17, 15) is 18.0 Å². The van der Waals surface area contributed by atoms with Crippen molar-refractivity contribution in [3.8, 4) is 0 Å². The van der Waals surface area contributed by atoms with Crippen molar-refractivity contribution in [3.05, 3.63) is 28.8 Å². The van der Waals surface area contributed by atoms with Gasteiger partial charge in [0.1, 0.15) is 0 Å². The Morgan fingerprint density at radius 1 is 1.27 bits per heavy atom. The molecule has 0 radical (unpaired) electrons. The molecule has 3 rings (SSSR count). The number of carbonyl (C=O) groups excluding carboxylic acids is 2. The van der Waals surface area contributed by atoms with Crippen molar-refractivity contribution in [1.82, 2.24) is 4.90 Å². The number of halogens is 1. The summed E-state index contributed by atoms with van der Waals surface area (Å²) < 4.78 is 28.6. The fourth-order valence-electron chi connectivity index (χ4n) is 3.12. The summed E-state index contributed by atoms with van der Waals surface area (Å²) >= 11 is 7.52. The number of nitrogens with zero attached hydrogens (tertiary/aromatic N) is 1. The van der Waals surface area contributed by atoms with Crippen molar-refractivity contribution in [2.24, 2.45) is 0 Å². The zero-order valence-corrected chi connectivity index (χ0v) is 16.7. The molecule has 1 saturated carbocycles. The Morgan fingerprint density at radius 2 is 2.00 bits per heavy atom. The van der Waals surface area contributed by atoms with Crippen LogP contribution in [0, 0.1) is 0 Å². The number of sulfone groups is 1. The van der Waals surface area contributed by atoms with E-state index >= 15 is 0 Å². The van der Waals surface area contributed by atoms with E-state index in [1.54, 1.807) is 23.1 Å². The van der Waals surface area contributed by atoms with Crippen molar-refractivity contribution in [1.29, 1.82) is 0 Å². The second-order valence-corrected chi connectivity index (χ2v) is 10.0. The van der Waals surface area contributed by atoms with E-state index in [2.05, 4.69) is 0 Å². The van der Waals surface area contributed by atoms with Crippen molar-refractivity contribution >= 4 is 45.1 Å². The standard InChI is InChI=1S/C17H20ClNO5S2/c1-25-13-4-5-15(18)14(8-13)17(21)24-9-16(20)19(11-2-3-11)12-6-7-26(22,23)10-12/h4-5,8,11-12H,2-3,6-7,9-10H2,1H3/t12-/m0/s1. The van der Waals surface area contributed by atoms with E-state index in [0.717, 1.165) is 17.7 Å². The predicted molar refractivity (Wildman–Crippen MR) is 100 cm³/mol. The number of hydrogen-bond donors (Lipinski definition) is 0. The molecule has 0 unspecified atom stereocenters. The maximum atomic E-state index is 12.6. The molecule has 1 aromatic carbocycles. The number of benzene rings is 1. The lowest BCUT2D eigenvalue weighted by atomic mass is 10.2. The largest absolute Gasteiger partial charge is 0.452 e. The number of carbonyl (C=O) groups is 2. The molecule has 1 aliphatic heterocycles. The average molecular weight is 418 g/mol. The molecular weight excluding hydrogens is 398 g/mol. The molecule has 9 heteroatoms. The highest BCUT2D eigenvalue weighted by Gasteiger charge is 2.42. The van der Waals surface area contributed by atoms with Crippen LogP contribution in [0.3, 0.4) is 0 Å². The van der Waals surface area contributed by atoms with Crippen LogP contribution >= 0.6 is 23.4 Å². The minimum atomic E-state index is -3.09. The topological polar surface area (TPSA) is 80.8 Å². The lowest BCUT2D eigenvalue weighted by Crippen LogP contribution is -2.44. The summed E-state index contributed by atoms with van der Waals surface area (Å²) in [7, 11) is -3.09. The Hall–Kier alpha value is -1.25. The molecule has 1 saturated heterocycles. The van der Waals surface area contributed by atoms with Gasteiger partial charge >= 0.3 is 5.97 Å². The first kappa shape index (κ1) is 19.5. The summed E-state index contributed by atoms with van der Waals surface area (Å²) in [5.74, 6) is -0.912. The van der Waals surface area contributed by atoms with Gasteiger partial charge in [-0.05, 0) is 43.7 Å². The molecule has 1 aliphatic carbocycles. The zero-order chi connectivity index (χ0) is 18.9.